The minimum absolute atomic E-state index is 0.0758. The first-order chi connectivity index (χ1) is 9.72. The zero-order valence-electron chi connectivity index (χ0n) is 12.0. The number of ether oxygens (including phenoxy) is 1. The highest BCUT2D eigenvalue weighted by Gasteiger charge is 2.20. The van der Waals surface area contributed by atoms with E-state index >= 15 is 0 Å². The Kier molecular flexibility index (Phi) is 5.18. The molecule has 0 spiro atoms. The van der Waals surface area contributed by atoms with Crippen LogP contribution in [0.5, 0.6) is 5.75 Å². The molecule has 0 atom stereocenters. The molecule has 1 saturated heterocycles. The molecule has 0 unspecified atom stereocenters. The number of nitrogens with one attached hydrogen (secondary N) is 1. The molecule has 20 heavy (non-hydrogen) atoms. The van der Waals surface area contributed by atoms with E-state index in [1.54, 1.807) is 7.11 Å². The lowest BCUT2D eigenvalue weighted by atomic mass is 10.0. The molecule has 0 aliphatic carbocycles. The summed E-state index contributed by atoms with van der Waals surface area (Å²) in [6, 6.07) is 8.39. The molecule has 0 radical (unpaired) electrons. The first-order valence-corrected chi connectivity index (χ1v) is 7.00. The number of amides is 1. The number of piperidine rings is 1. The summed E-state index contributed by atoms with van der Waals surface area (Å²) in [4.78, 5) is 13.7. The molecule has 1 amide bonds. The van der Waals surface area contributed by atoms with Gasteiger partial charge in [-0.2, -0.15) is 0 Å². The van der Waals surface area contributed by atoms with Gasteiger partial charge in [-0.25, -0.2) is 0 Å². The van der Waals surface area contributed by atoms with Crippen LogP contribution in [-0.2, 0) is 11.3 Å². The van der Waals surface area contributed by atoms with E-state index in [1.165, 1.54) is 11.6 Å². The summed E-state index contributed by atoms with van der Waals surface area (Å²) >= 11 is 0. The van der Waals surface area contributed by atoms with E-state index in [2.05, 4.69) is 22.9 Å². The van der Waals surface area contributed by atoms with Crippen molar-refractivity contribution in [1.29, 1.82) is 0 Å². The Labute approximate surface area is 120 Å². The molecule has 1 aliphatic rings. The molecule has 1 heterocycles. The summed E-state index contributed by atoms with van der Waals surface area (Å²) < 4.78 is 5.38. The molecule has 1 aliphatic heterocycles. The molecule has 2 rings (SSSR count). The Hall–Kier alpha value is -1.81. The van der Waals surface area contributed by atoms with Crippen molar-refractivity contribution in [2.24, 2.45) is 0 Å². The Bertz CT molecular complexity index is 465. The van der Waals surface area contributed by atoms with Crippen molar-refractivity contribution in [3.63, 3.8) is 0 Å². The molecule has 0 aromatic heterocycles. The van der Waals surface area contributed by atoms with Crippen molar-refractivity contribution < 1.29 is 9.53 Å². The minimum atomic E-state index is -0.0758. The highest BCUT2D eigenvalue weighted by atomic mass is 16.5. The number of para-hydroxylation sites is 1. The van der Waals surface area contributed by atoms with E-state index in [1.807, 2.05) is 18.2 Å². The van der Waals surface area contributed by atoms with Gasteiger partial charge in [0.1, 0.15) is 5.75 Å². The van der Waals surface area contributed by atoms with Crippen LogP contribution in [0.15, 0.2) is 36.9 Å². The van der Waals surface area contributed by atoms with Crippen LogP contribution in [0.2, 0.25) is 0 Å². The van der Waals surface area contributed by atoms with Gasteiger partial charge in [-0.05, 0) is 25.0 Å². The molecule has 4 heteroatoms. The Morgan fingerprint density at radius 2 is 2.15 bits per heavy atom. The molecule has 4 nitrogen and oxygen atoms in total. The van der Waals surface area contributed by atoms with Crippen molar-refractivity contribution in [3.8, 4) is 5.75 Å². The third-order valence-corrected chi connectivity index (χ3v) is 3.71. The summed E-state index contributed by atoms with van der Waals surface area (Å²) in [6.07, 6.45) is 3.30. The second kappa shape index (κ2) is 7.10. The fourth-order valence-corrected chi connectivity index (χ4v) is 2.57. The number of nitrogens with zero attached hydrogens (tertiary/aromatic N) is 1. The lowest BCUT2D eigenvalue weighted by Gasteiger charge is -2.32. The van der Waals surface area contributed by atoms with Crippen LogP contribution in [0.1, 0.15) is 18.4 Å². The van der Waals surface area contributed by atoms with Gasteiger partial charge < -0.3 is 10.1 Å². The summed E-state index contributed by atoms with van der Waals surface area (Å²) in [5, 5.41) is 2.97. The highest BCUT2D eigenvalue weighted by Crippen LogP contribution is 2.21. The van der Waals surface area contributed by atoms with E-state index in [9.17, 15) is 4.79 Å². The molecule has 108 valence electrons. The van der Waals surface area contributed by atoms with Crippen LogP contribution in [-0.4, -0.2) is 37.0 Å². The number of benzene rings is 1. The minimum Gasteiger partial charge on any atom is -0.496 e. The third kappa shape index (κ3) is 3.84. The van der Waals surface area contributed by atoms with Crippen molar-refractivity contribution in [2.75, 3.05) is 20.2 Å². The fraction of sp³-hybridized carbons (Fsp3) is 0.438. The number of carbonyl (C=O) groups is 1. The number of hydrogen-bond donors (Lipinski definition) is 1. The summed E-state index contributed by atoms with van der Waals surface area (Å²) in [7, 11) is 1.70. The predicted octanol–water partition coefficient (Wildman–Crippen LogP) is 1.96. The van der Waals surface area contributed by atoms with Gasteiger partial charge in [0, 0.05) is 31.2 Å². The normalized spacial score (nSPS) is 16.6. The molecule has 0 saturated carbocycles. The van der Waals surface area contributed by atoms with Crippen molar-refractivity contribution in [3.05, 3.63) is 42.5 Å². The van der Waals surface area contributed by atoms with Crippen molar-refractivity contribution in [1.82, 2.24) is 10.2 Å². The average molecular weight is 274 g/mol. The molecule has 1 N–H and O–H groups in total. The van der Waals surface area contributed by atoms with Gasteiger partial charge in [0.05, 0.1) is 7.11 Å². The Balaban J connectivity index is 1.85. The maximum atomic E-state index is 11.3. The van der Waals surface area contributed by atoms with Crippen LogP contribution in [0.25, 0.3) is 0 Å². The molecular formula is C16H22N2O2. The number of rotatable bonds is 5. The average Bonchev–Trinajstić information content (AvgIpc) is 2.49. The lowest BCUT2D eigenvalue weighted by molar-refractivity contribution is -0.117. The monoisotopic (exact) mass is 274 g/mol. The molecule has 1 aromatic rings. The van der Waals surface area contributed by atoms with Gasteiger partial charge in [0.25, 0.3) is 0 Å². The van der Waals surface area contributed by atoms with Crippen molar-refractivity contribution in [2.45, 2.75) is 25.4 Å². The quantitative estimate of drug-likeness (QED) is 0.835. The second-order valence-corrected chi connectivity index (χ2v) is 5.07. The van der Waals surface area contributed by atoms with Gasteiger partial charge in [0.2, 0.25) is 5.91 Å². The van der Waals surface area contributed by atoms with Crippen molar-refractivity contribution >= 4 is 5.91 Å². The van der Waals surface area contributed by atoms with Gasteiger partial charge in [0.15, 0.2) is 0 Å². The number of methoxy groups -OCH3 is 1. The van der Waals surface area contributed by atoms with E-state index < -0.39 is 0 Å². The number of likely N-dealkylation sites (tertiary alicyclic amines) is 1. The Morgan fingerprint density at radius 3 is 2.80 bits per heavy atom. The number of hydrogen-bond acceptors (Lipinski definition) is 3. The summed E-state index contributed by atoms with van der Waals surface area (Å²) in [5.41, 5.74) is 1.21. The molecule has 1 fully saturated rings. The van der Waals surface area contributed by atoms with E-state index in [0.29, 0.717) is 0 Å². The van der Waals surface area contributed by atoms with Crippen LogP contribution in [0.3, 0.4) is 0 Å². The first kappa shape index (κ1) is 14.6. The number of carbonyl (C=O) groups excluding carboxylic acids is 1. The van der Waals surface area contributed by atoms with E-state index in [4.69, 9.17) is 4.74 Å². The van der Waals surface area contributed by atoms with Gasteiger partial charge in [-0.1, -0.05) is 24.8 Å². The van der Waals surface area contributed by atoms with E-state index in [0.717, 1.165) is 38.2 Å². The topological polar surface area (TPSA) is 41.6 Å². The maximum absolute atomic E-state index is 11.3. The second-order valence-electron chi connectivity index (χ2n) is 5.07. The van der Waals surface area contributed by atoms with Gasteiger partial charge >= 0.3 is 0 Å². The molecule has 0 bridgehead atoms. The predicted molar refractivity (Wildman–Crippen MR) is 79.6 cm³/mol. The van der Waals surface area contributed by atoms with Crippen LogP contribution in [0, 0.1) is 0 Å². The zero-order valence-corrected chi connectivity index (χ0v) is 12.0. The molecular weight excluding hydrogens is 252 g/mol. The lowest BCUT2D eigenvalue weighted by Crippen LogP contribution is -2.43. The maximum Gasteiger partial charge on any atom is 0.243 e. The smallest absolute Gasteiger partial charge is 0.243 e. The summed E-state index contributed by atoms with van der Waals surface area (Å²) in [6.45, 7) is 6.35. The molecule has 1 aromatic carbocycles. The van der Waals surface area contributed by atoms with Crippen LogP contribution in [0.4, 0.5) is 0 Å². The largest absolute Gasteiger partial charge is 0.496 e. The van der Waals surface area contributed by atoms with Crippen LogP contribution >= 0.6 is 0 Å². The van der Waals surface area contributed by atoms with E-state index in [-0.39, 0.29) is 11.9 Å². The third-order valence-electron chi connectivity index (χ3n) is 3.71. The van der Waals surface area contributed by atoms with Gasteiger partial charge in [-0.3, -0.25) is 9.69 Å². The zero-order chi connectivity index (χ0) is 14.4. The first-order valence-electron chi connectivity index (χ1n) is 7.00. The highest BCUT2D eigenvalue weighted by molar-refractivity contribution is 5.87. The Morgan fingerprint density at radius 1 is 1.45 bits per heavy atom. The fourth-order valence-electron chi connectivity index (χ4n) is 2.57. The summed E-state index contributed by atoms with van der Waals surface area (Å²) in [5.74, 6) is 0.864. The van der Waals surface area contributed by atoms with Gasteiger partial charge in [-0.15, -0.1) is 0 Å². The van der Waals surface area contributed by atoms with Crippen LogP contribution < -0.4 is 10.1 Å². The standard InChI is InChI=1S/C16H22N2O2/c1-3-16(19)17-14-8-10-18(11-9-14)12-13-6-4-5-7-15(13)20-2/h3-7,14H,1,8-12H2,2H3,(H,17,19). The SMILES string of the molecule is C=CC(=O)NC1CCN(Cc2ccccc2OC)CC1.